The first-order valence-electron chi connectivity index (χ1n) is 7.28. The number of anilines is 1. The zero-order valence-electron chi connectivity index (χ0n) is 13.1. The fraction of sp³-hybridized carbons (Fsp3) is 0.278. The van der Waals surface area contributed by atoms with E-state index in [0.717, 1.165) is 33.3 Å². The first-order valence-corrected chi connectivity index (χ1v) is 8.08. The van der Waals surface area contributed by atoms with Gasteiger partial charge in [0.2, 0.25) is 0 Å². The van der Waals surface area contributed by atoms with Gasteiger partial charge in [0.25, 0.3) is 5.91 Å². The van der Waals surface area contributed by atoms with Crippen molar-refractivity contribution >= 4 is 27.5 Å². The average molecular weight is 362 g/mol. The number of hydrogen-bond acceptors (Lipinski definition) is 2. The summed E-state index contributed by atoms with van der Waals surface area (Å²) in [6, 6.07) is 11.8. The van der Waals surface area contributed by atoms with E-state index in [-0.39, 0.29) is 12.5 Å². The van der Waals surface area contributed by atoms with E-state index in [2.05, 4.69) is 28.2 Å². The van der Waals surface area contributed by atoms with Crippen LogP contribution in [-0.4, -0.2) is 12.5 Å². The van der Waals surface area contributed by atoms with Gasteiger partial charge in [-0.1, -0.05) is 31.2 Å². The third-order valence-electron chi connectivity index (χ3n) is 3.39. The number of rotatable bonds is 5. The number of halogens is 1. The molecule has 0 aliphatic heterocycles. The number of benzene rings is 2. The summed E-state index contributed by atoms with van der Waals surface area (Å²) in [7, 11) is 0. The predicted octanol–water partition coefficient (Wildman–Crippen LogP) is 4.65. The van der Waals surface area contributed by atoms with E-state index >= 15 is 0 Å². The summed E-state index contributed by atoms with van der Waals surface area (Å²) in [4.78, 5) is 12.1. The fourth-order valence-corrected chi connectivity index (χ4v) is 3.15. The molecule has 0 unspecified atom stereocenters. The van der Waals surface area contributed by atoms with Crippen LogP contribution in [0.2, 0.25) is 0 Å². The molecule has 2 rings (SSSR count). The van der Waals surface area contributed by atoms with Gasteiger partial charge in [-0.3, -0.25) is 4.79 Å². The molecule has 2 aromatic carbocycles. The summed E-state index contributed by atoms with van der Waals surface area (Å²) >= 11 is 3.48. The largest absolute Gasteiger partial charge is 0.482 e. The monoisotopic (exact) mass is 361 g/mol. The molecule has 1 amide bonds. The minimum atomic E-state index is -0.159. The van der Waals surface area contributed by atoms with Gasteiger partial charge in [-0.05, 0) is 65.0 Å². The molecule has 0 radical (unpaired) electrons. The SMILES string of the molecule is CCc1ccccc1NC(=O)COc1c(C)cc(C)cc1Br. The Morgan fingerprint density at radius 3 is 2.64 bits per heavy atom. The molecule has 0 fully saturated rings. The molecule has 0 aromatic heterocycles. The third kappa shape index (κ3) is 4.10. The van der Waals surface area contributed by atoms with Crippen LogP contribution in [0.3, 0.4) is 0 Å². The van der Waals surface area contributed by atoms with Crippen LogP contribution in [0, 0.1) is 13.8 Å². The Labute approximate surface area is 139 Å². The van der Waals surface area contributed by atoms with Crippen LogP contribution < -0.4 is 10.1 Å². The van der Waals surface area contributed by atoms with Crippen LogP contribution in [0.1, 0.15) is 23.6 Å². The fourth-order valence-electron chi connectivity index (χ4n) is 2.36. The zero-order chi connectivity index (χ0) is 16.1. The molecule has 0 saturated carbocycles. The second kappa shape index (κ2) is 7.45. The molecule has 1 N–H and O–H groups in total. The van der Waals surface area contributed by atoms with Crippen molar-refractivity contribution in [2.75, 3.05) is 11.9 Å². The van der Waals surface area contributed by atoms with Crippen molar-refractivity contribution < 1.29 is 9.53 Å². The molecule has 3 nitrogen and oxygen atoms in total. The second-order valence-electron chi connectivity index (χ2n) is 5.24. The van der Waals surface area contributed by atoms with Crippen molar-refractivity contribution in [3.63, 3.8) is 0 Å². The number of ether oxygens (including phenoxy) is 1. The van der Waals surface area contributed by atoms with Gasteiger partial charge in [-0.25, -0.2) is 0 Å². The van der Waals surface area contributed by atoms with E-state index in [0.29, 0.717) is 5.75 Å². The Morgan fingerprint density at radius 1 is 1.23 bits per heavy atom. The minimum Gasteiger partial charge on any atom is -0.482 e. The summed E-state index contributed by atoms with van der Waals surface area (Å²) in [6.07, 6.45) is 0.875. The summed E-state index contributed by atoms with van der Waals surface area (Å²) in [5.41, 5.74) is 4.12. The van der Waals surface area contributed by atoms with E-state index in [1.165, 1.54) is 0 Å². The van der Waals surface area contributed by atoms with Gasteiger partial charge in [0.15, 0.2) is 6.61 Å². The van der Waals surface area contributed by atoms with Crippen molar-refractivity contribution in [2.24, 2.45) is 0 Å². The Morgan fingerprint density at radius 2 is 1.95 bits per heavy atom. The number of nitrogens with one attached hydrogen (secondary N) is 1. The molecule has 0 aliphatic carbocycles. The Kier molecular flexibility index (Phi) is 5.61. The number of amides is 1. The maximum absolute atomic E-state index is 12.1. The zero-order valence-corrected chi connectivity index (χ0v) is 14.7. The number of carbonyl (C=O) groups excluding carboxylic acids is 1. The minimum absolute atomic E-state index is 0.0133. The standard InChI is InChI=1S/C18H20BrNO2/c1-4-14-7-5-6-8-16(14)20-17(21)11-22-18-13(3)9-12(2)10-15(18)19/h5-10H,4,11H2,1-3H3,(H,20,21). The van der Waals surface area contributed by atoms with E-state index in [4.69, 9.17) is 4.74 Å². The molecular weight excluding hydrogens is 342 g/mol. The number of carbonyl (C=O) groups is 1. The highest BCUT2D eigenvalue weighted by Gasteiger charge is 2.10. The summed E-state index contributed by atoms with van der Waals surface area (Å²) in [6.45, 7) is 6.04. The molecular formula is C18H20BrNO2. The lowest BCUT2D eigenvalue weighted by atomic mass is 10.1. The molecule has 0 aliphatic rings. The highest BCUT2D eigenvalue weighted by molar-refractivity contribution is 9.10. The van der Waals surface area contributed by atoms with Crippen LogP contribution >= 0.6 is 15.9 Å². The number of para-hydroxylation sites is 1. The molecule has 0 atom stereocenters. The smallest absolute Gasteiger partial charge is 0.262 e. The Bertz CT molecular complexity index is 660. The third-order valence-corrected chi connectivity index (χ3v) is 3.98. The summed E-state index contributed by atoms with van der Waals surface area (Å²) in [5, 5.41) is 2.90. The van der Waals surface area contributed by atoms with Gasteiger partial charge in [-0.2, -0.15) is 0 Å². The van der Waals surface area contributed by atoms with Crippen LogP contribution in [-0.2, 0) is 11.2 Å². The van der Waals surface area contributed by atoms with Gasteiger partial charge in [-0.15, -0.1) is 0 Å². The van der Waals surface area contributed by atoms with Crippen molar-refractivity contribution in [3.8, 4) is 5.75 Å². The number of hydrogen-bond donors (Lipinski definition) is 1. The second-order valence-corrected chi connectivity index (χ2v) is 6.09. The van der Waals surface area contributed by atoms with Crippen LogP contribution in [0.15, 0.2) is 40.9 Å². The van der Waals surface area contributed by atoms with E-state index in [1.54, 1.807) is 0 Å². The highest BCUT2D eigenvalue weighted by Crippen LogP contribution is 2.30. The van der Waals surface area contributed by atoms with Crippen LogP contribution in [0.5, 0.6) is 5.75 Å². The van der Waals surface area contributed by atoms with Gasteiger partial charge < -0.3 is 10.1 Å². The molecule has 2 aromatic rings. The lowest BCUT2D eigenvalue weighted by molar-refractivity contribution is -0.118. The lowest BCUT2D eigenvalue weighted by Gasteiger charge is -2.13. The first-order chi connectivity index (χ1) is 10.5. The van der Waals surface area contributed by atoms with Crippen LogP contribution in [0.4, 0.5) is 5.69 Å². The van der Waals surface area contributed by atoms with Crippen molar-refractivity contribution in [1.82, 2.24) is 0 Å². The van der Waals surface area contributed by atoms with Gasteiger partial charge in [0.1, 0.15) is 5.75 Å². The number of aryl methyl sites for hydroxylation is 3. The van der Waals surface area contributed by atoms with Gasteiger partial charge >= 0.3 is 0 Å². The molecule has 22 heavy (non-hydrogen) atoms. The van der Waals surface area contributed by atoms with E-state index in [1.807, 2.05) is 50.2 Å². The summed E-state index contributed by atoms with van der Waals surface area (Å²) in [5.74, 6) is 0.553. The van der Waals surface area contributed by atoms with Crippen molar-refractivity contribution in [1.29, 1.82) is 0 Å². The first kappa shape index (κ1) is 16.6. The average Bonchev–Trinajstić information content (AvgIpc) is 2.46. The molecule has 0 saturated heterocycles. The quantitative estimate of drug-likeness (QED) is 0.841. The molecule has 116 valence electrons. The van der Waals surface area contributed by atoms with Crippen molar-refractivity contribution in [3.05, 3.63) is 57.6 Å². The Balaban J connectivity index is 2.02. The Hall–Kier alpha value is -1.81. The van der Waals surface area contributed by atoms with Gasteiger partial charge in [0, 0.05) is 5.69 Å². The lowest BCUT2D eigenvalue weighted by Crippen LogP contribution is -2.21. The van der Waals surface area contributed by atoms with Crippen LogP contribution in [0.25, 0.3) is 0 Å². The molecule has 0 spiro atoms. The highest BCUT2D eigenvalue weighted by atomic mass is 79.9. The maximum Gasteiger partial charge on any atom is 0.262 e. The molecule has 0 heterocycles. The predicted molar refractivity (Wildman–Crippen MR) is 93.6 cm³/mol. The maximum atomic E-state index is 12.1. The molecule has 0 bridgehead atoms. The molecule has 4 heteroatoms. The van der Waals surface area contributed by atoms with Crippen molar-refractivity contribution in [2.45, 2.75) is 27.2 Å². The van der Waals surface area contributed by atoms with Gasteiger partial charge in [0.05, 0.1) is 4.47 Å². The van der Waals surface area contributed by atoms with E-state index < -0.39 is 0 Å². The topological polar surface area (TPSA) is 38.3 Å². The van der Waals surface area contributed by atoms with E-state index in [9.17, 15) is 4.79 Å². The normalized spacial score (nSPS) is 10.4. The summed E-state index contributed by atoms with van der Waals surface area (Å²) < 4.78 is 6.54.